The van der Waals surface area contributed by atoms with E-state index in [9.17, 15) is 22.8 Å². The van der Waals surface area contributed by atoms with Gasteiger partial charge in [0.1, 0.15) is 17.0 Å². The molecule has 0 aliphatic heterocycles. The van der Waals surface area contributed by atoms with Crippen LogP contribution in [0.5, 0.6) is 0 Å². The van der Waals surface area contributed by atoms with Crippen molar-refractivity contribution in [2.24, 2.45) is 0 Å². The van der Waals surface area contributed by atoms with Crippen molar-refractivity contribution in [1.29, 1.82) is 0 Å². The van der Waals surface area contributed by atoms with E-state index in [-0.39, 0.29) is 17.8 Å². The van der Waals surface area contributed by atoms with E-state index >= 15 is 0 Å². The molecule has 0 spiro atoms. The number of imidazole rings is 1. The monoisotopic (exact) mass is 613 g/mol. The van der Waals surface area contributed by atoms with E-state index in [0.29, 0.717) is 21.8 Å². The maximum atomic E-state index is 14.7. The number of hydrogen-bond acceptors (Lipinski definition) is 5. The summed E-state index contributed by atoms with van der Waals surface area (Å²) in [5.41, 5.74) is 1.48. The van der Waals surface area contributed by atoms with Gasteiger partial charge in [0.05, 0.1) is 12.1 Å². The van der Waals surface area contributed by atoms with Crippen LogP contribution in [-0.4, -0.2) is 26.7 Å². The van der Waals surface area contributed by atoms with Crippen molar-refractivity contribution in [3.63, 3.8) is 0 Å². The quantitative estimate of drug-likeness (QED) is 0.133. The highest BCUT2D eigenvalue weighted by molar-refractivity contribution is 7.15. The molecule has 10 heteroatoms. The smallest absolute Gasteiger partial charge is 0.425 e. The average molecular weight is 614 g/mol. The highest BCUT2D eigenvalue weighted by Gasteiger charge is 2.42. The lowest BCUT2D eigenvalue weighted by Gasteiger charge is -2.37. The van der Waals surface area contributed by atoms with Crippen molar-refractivity contribution in [3.05, 3.63) is 147 Å². The summed E-state index contributed by atoms with van der Waals surface area (Å²) in [6, 6.07) is 32.6. The van der Waals surface area contributed by atoms with Crippen molar-refractivity contribution in [3.8, 4) is 10.4 Å². The number of thiophene rings is 1. The molecule has 0 bridgehead atoms. The Morgan fingerprint density at radius 1 is 0.841 bits per heavy atom. The first kappa shape index (κ1) is 29.1. The van der Waals surface area contributed by atoms with Gasteiger partial charge in [0.15, 0.2) is 5.65 Å². The number of hydrogen-bond donors (Lipinski definition) is 0. The molecule has 0 aliphatic carbocycles. The first-order valence-electron chi connectivity index (χ1n) is 13.9. The molecule has 3 heterocycles. The third-order valence-corrected chi connectivity index (χ3v) is 8.62. The van der Waals surface area contributed by atoms with Gasteiger partial charge in [-0.1, -0.05) is 91.0 Å². The Morgan fingerprint density at radius 3 is 1.86 bits per heavy atom. The van der Waals surface area contributed by atoms with Crippen molar-refractivity contribution in [2.45, 2.75) is 25.2 Å². The van der Waals surface area contributed by atoms with Gasteiger partial charge in [-0.25, -0.2) is 9.78 Å². The molecule has 44 heavy (non-hydrogen) atoms. The van der Waals surface area contributed by atoms with Gasteiger partial charge in [-0.2, -0.15) is 13.2 Å². The van der Waals surface area contributed by atoms with Gasteiger partial charge in [0.2, 0.25) is 0 Å². The number of aromatic nitrogens is 3. The minimum Gasteiger partial charge on any atom is -0.465 e. The summed E-state index contributed by atoms with van der Waals surface area (Å²) in [5.74, 6) is -0.626. The first-order chi connectivity index (χ1) is 21.2. The van der Waals surface area contributed by atoms with E-state index in [2.05, 4.69) is 0 Å². The minimum absolute atomic E-state index is 0.118. The molecular weight excluding hydrogens is 587 g/mol. The van der Waals surface area contributed by atoms with Gasteiger partial charge < -0.3 is 4.74 Å². The van der Waals surface area contributed by atoms with Gasteiger partial charge in [-0.05, 0) is 41.8 Å². The van der Waals surface area contributed by atoms with E-state index in [1.54, 1.807) is 17.6 Å². The summed E-state index contributed by atoms with van der Waals surface area (Å²) in [7, 11) is 0. The van der Waals surface area contributed by atoms with E-state index in [1.807, 2.05) is 91.0 Å². The number of halogens is 3. The number of rotatable bonds is 8. The molecular formula is C34H26F3N3O3S. The number of nitrogens with zero attached hydrogens (tertiary/aromatic N) is 3. The molecule has 0 N–H and O–H groups in total. The van der Waals surface area contributed by atoms with Crippen molar-refractivity contribution in [1.82, 2.24) is 14.1 Å². The summed E-state index contributed by atoms with van der Waals surface area (Å²) in [4.78, 5) is 31.8. The fourth-order valence-corrected chi connectivity index (χ4v) is 6.48. The minimum atomic E-state index is -4.49. The fourth-order valence-electron chi connectivity index (χ4n) is 5.63. The zero-order valence-corrected chi connectivity index (χ0v) is 24.3. The van der Waals surface area contributed by atoms with Gasteiger partial charge in [0, 0.05) is 16.6 Å². The van der Waals surface area contributed by atoms with E-state index in [4.69, 9.17) is 9.72 Å². The van der Waals surface area contributed by atoms with Crippen LogP contribution in [0.3, 0.4) is 0 Å². The van der Waals surface area contributed by atoms with Crippen molar-refractivity contribution >= 4 is 28.5 Å². The Bertz CT molecular complexity index is 1890. The number of carbonyl (C=O) groups excluding carboxylic acids is 1. The first-order valence-corrected chi connectivity index (χ1v) is 14.7. The Labute approximate surface area is 254 Å². The third kappa shape index (κ3) is 5.01. The van der Waals surface area contributed by atoms with Gasteiger partial charge in [-0.3, -0.25) is 13.9 Å². The number of alkyl halides is 3. The lowest BCUT2D eigenvalue weighted by molar-refractivity contribution is -0.143. The normalized spacial score (nSPS) is 12.0. The summed E-state index contributed by atoms with van der Waals surface area (Å²) in [6.07, 6.45) is -3.03. The topological polar surface area (TPSA) is 66.1 Å². The van der Waals surface area contributed by atoms with Crippen molar-refractivity contribution < 1.29 is 22.7 Å². The van der Waals surface area contributed by atoms with Crippen LogP contribution in [0.1, 0.15) is 28.5 Å². The predicted octanol–water partition coefficient (Wildman–Crippen LogP) is 7.35. The molecule has 222 valence electrons. The van der Waals surface area contributed by atoms with E-state index in [1.165, 1.54) is 16.8 Å². The molecule has 6 nitrogen and oxygen atoms in total. The summed E-state index contributed by atoms with van der Waals surface area (Å²) < 4.78 is 48.3. The number of benzene rings is 3. The highest BCUT2D eigenvalue weighted by atomic mass is 32.1. The molecule has 0 amide bonds. The average Bonchev–Trinajstić information content (AvgIpc) is 3.64. The van der Waals surface area contributed by atoms with Gasteiger partial charge in [0.25, 0.3) is 0 Å². The molecule has 0 atom stereocenters. The standard InChI is InChI=1S/C34H26F3N3O3S/c1-2-43-30(41)22-39-27-20-23(28-18-19-29(44-28)34(35,36)37)21-38-31(27)40(32(39)42)33(24-12-6-3-7-13-24,25-14-8-4-9-15-25)26-16-10-5-11-17-26/h3-21H,2,22H2,1H3. The molecule has 0 saturated heterocycles. The van der Waals surface area contributed by atoms with Crippen LogP contribution in [0.25, 0.3) is 21.6 Å². The predicted molar refractivity (Wildman–Crippen MR) is 164 cm³/mol. The molecule has 0 saturated carbocycles. The Hall–Kier alpha value is -4.96. The fraction of sp³-hybridized carbons (Fsp3) is 0.147. The van der Waals surface area contributed by atoms with Gasteiger partial charge in [-0.15, -0.1) is 11.3 Å². The maximum absolute atomic E-state index is 14.7. The Morgan fingerprint density at radius 2 is 1.39 bits per heavy atom. The molecule has 6 aromatic rings. The van der Waals surface area contributed by atoms with Crippen LogP contribution in [0.2, 0.25) is 0 Å². The second-order valence-corrected chi connectivity index (χ2v) is 11.1. The molecule has 6 rings (SSSR count). The molecule has 3 aromatic heterocycles. The lowest BCUT2D eigenvalue weighted by Crippen LogP contribution is -2.45. The Kier molecular flexibility index (Phi) is 7.69. The van der Waals surface area contributed by atoms with Crippen LogP contribution in [0.15, 0.2) is 120 Å². The van der Waals surface area contributed by atoms with Crippen LogP contribution < -0.4 is 5.69 Å². The number of esters is 1. The van der Waals surface area contributed by atoms with Crippen LogP contribution in [0.4, 0.5) is 13.2 Å². The van der Waals surface area contributed by atoms with Crippen LogP contribution in [0, 0.1) is 0 Å². The second-order valence-electron chi connectivity index (χ2n) is 10.0. The summed E-state index contributed by atoms with van der Waals surface area (Å²) in [5, 5.41) is 0. The van der Waals surface area contributed by atoms with E-state index < -0.39 is 34.8 Å². The highest BCUT2D eigenvalue weighted by Crippen LogP contribution is 2.43. The van der Waals surface area contributed by atoms with Crippen molar-refractivity contribution in [2.75, 3.05) is 6.61 Å². The number of ether oxygens (including phenoxy) is 1. The molecule has 0 radical (unpaired) electrons. The largest absolute Gasteiger partial charge is 0.465 e. The summed E-state index contributed by atoms with van der Waals surface area (Å²) >= 11 is 0.586. The number of carbonyl (C=O) groups is 1. The summed E-state index contributed by atoms with van der Waals surface area (Å²) in [6.45, 7) is 1.38. The van der Waals surface area contributed by atoms with Crippen LogP contribution in [-0.2, 0) is 27.8 Å². The lowest BCUT2D eigenvalue weighted by atomic mass is 9.76. The van der Waals surface area contributed by atoms with E-state index in [0.717, 1.165) is 22.8 Å². The zero-order valence-electron chi connectivity index (χ0n) is 23.5. The Balaban J connectivity index is 1.72. The molecule has 0 aliphatic rings. The van der Waals surface area contributed by atoms with Gasteiger partial charge >= 0.3 is 17.8 Å². The SMILES string of the molecule is CCOC(=O)Cn1c(=O)n(C(c2ccccc2)(c2ccccc2)c2ccccc2)c2ncc(-c3ccc(C(F)(F)F)s3)cc21. The third-order valence-electron chi connectivity index (χ3n) is 7.44. The molecule has 0 fully saturated rings. The maximum Gasteiger partial charge on any atom is 0.425 e. The second kappa shape index (κ2) is 11.6. The number of fused-ring (bicyclic) bond motifs is 1. The number of pyridine rings is 1. The molecule has 3 aromatic carbocycles. The molecule has 0 unspecified atom stereocenters. The zero-order chi connectivity index (χ0) is 30.9. The van der Waals surface area contributed by atoms with Crippen LogP contribution >= 0.6 is 11.3 Å².